The lowest BCUT2D eigenvalue weighted by molar-refractivity contribution is 0.673. The summed E-state index contributed by atoms with van der Waals surface area (Å²) in [5, 5.41) is 0. The van der Waals surface area contributed by atoms with Crippen molar-refractivity contribution in [1.29, 1.82) is 0 Å². The predicted octanol–water partition coefficient (Wildman–Crippen LogP) is 12.2. The van der Waals surface area contributed by atoms with Crippen molar-refractivity contribution in [2.45, 2.75) is 56.8 Å². The Morgan fingerprint density at radius 3 is 1.69 bits per heavy atom. The standard InChI is InChI=1S/C49H44/c1-35(38-17-7-3-8-18-38)31-37-27-29-45-41(33-37)34-47-46(45)30-28-40(32-36(2)39-19-9-4-10-20-39)48(47)49(44-25-15-16-26-44,42-21-11-5-12-22-42)43-23-13-6-14-24-43/h3-25,27-30,33,35-36H,26,31-32,34H2,1-2H3. The smallest absolute Gasteiger partial charge is 0.0673 e. The molecule has 0 nitrogen and oxygen atoms in total. The van der Waals surface area contributed by atoms with Gasteiger partial charge in [0, 0.05) is 0 Å². The number of hydrogen-bond donors (Lipinski definition) is 0. The van der Waals surface area contributed by atoms with Crippen molar-refractivity contribution >= 4 is 0 Å². The predicted molar refractivity (Wildman–Crippen MR) is 206 cm³/mol. The van der Waals surface area contributed by atoms with Crippen LogP contribution < -0.4 is 0 Å². The first-order valence-corrected chi connectivity index (χ1v) is 18.0. The fraction of sp³-hybridized carbons (Fsp3) is 0.184. The lowest BCUT2D eigenvalue weighted by Gasteiger charge is -2.41. The van der Waals surface area contributed by atoms with Crippen LogP contribution in [0.5, 0.6) is 0 Å². The number of benzene rings is 6. The van der Waals surface area contributed by atoms with E-state index in [4.69, 9.17) is 0 Å². The Balaban J connectivity index is 1.33. The maximum Gasteiger partial charge on any atom is 0.0673 e. The van der Waals surface area contributed by atoms with Gasteiger partial charge >= 0.3 is 0 Å². The zero-order valence-corrected chi connectivity index (χ0v) is 28.6. The van der Waals surface area contributed by atoms with Crippen LogP contribution in [0, 0.1) is 0 Å². The van der Waals surface area contributed by atoms with E-state index < -0.39 is 5.41 Å². The first-order chi connectivity index (χ1) is 24.1. The highest BCUT2D eigenvalue weighted by molar-refractivity contribution is 5.81. The fourth-order valence-corrected chi connectivity index (χ4v) is 8.71. The highest BCUT2D eigenvalue weighted by Gasteiger charge is 2.44. The Morgan fingerprint density at radius 1 is 0.571 bits per heavy atom. The van der Waals surface area contributed by atoms with Gasteiger partial charge in [0.15, 0.2) is 0 Å². The van der Waals surface area contributed by atoms with Crippen LogP contribution in [0.1, 0.15) is 82.2 Å². The van der Waals surface area contributed by atoms with Crippen LogP contribution in [-0.4, -0.2) is 0 Å². The Hall–Kier alpha value is -5.20. The summed E-state index contributed by atoms with van der Waals surface area (Å²) < 4.78 is 0. The zero-order valence-electron chi connectivity index (χ0n) is 28.6. The molecule has 2 atom stereocenters. The third-order valence-electron chi connectivity index (χ3n) is 11.1. The van der Waals surface area contributed by atoms with E-state index in [1.165, 1.54) is 66.8 Å². The monoisotopic (exact) mass is 632 g/mol. The average Bonchev–Trinajstić information content (AvgIpc) is 3.83. The van der Waals surface area contributed by atoms with Crippen molar-refractivity contribution in [3.8, 4) is 11.1 Å². The molecule has 0 saturated carbocycles. The first-order valence-electron chi connectivity index (χ1n) is 18.0. The molecule has 0 heterocycles. The van der Waals surface area contributed by atoms with E-state index in [2.05, 4.69) is 184 Å². The maximum atomic E-state index is 2.51. The van der Waals surface area contributed by atoms with Gasteiger partial charge in [-0.25, -0.2) is 0 Å². The van der Waals surface area contributed by atoms with Gasteiger partial charge in [-0.2, -0.15) is 0 Å². The molecule has 6 aromatic carbocycles. The summed E-state index contributed by atoms with van der Waals surface area (Å²) in [6, 6.07) is 56.8. The summed E-state index contributed by atoms with van der Waals surface area (Å²) in [4.78, 5) is 0. The van der Waals surface area contributed by atoms with Crippen molar-refractivity contribution < 1.29 is 0 Å². The minimum Gasteiger partial charge on any atom is -0.0804 e. The van der Waals surface area contributed by atoms with E-state index in [9.17, 15) is 0 Å². The summed E-state index contributed by atoms with van der Waals surface area (Å²) in [6.45, 7) is 4.75. The number of rotatable bonds is 10. The van der Waals surface area contributed by atoms with Crippen molar-refractivity contribution in [2.75, 3.05) is 0 Å². The van der Waals surface area contributed by atoms with Gasteiger partial charge in [0.1, 0.15) is 0 Å². The molecule has 0 saturated heterocycles. The number of fused-ring (bicyclic) bond motifs is 3. The lowest BCUT2D eigenvalue weighted by Crippen LogP contribution is -2.34. The van der Waals surface area contributed by atoms with Crippen LogP contribution >= 0.6 is 0 Å². The van der Waals surface area contributed by atoms with Crippen LogP contribution in [0.15, 0.2) is 175 Å². The van der Waals surface area contributed by atoms with Crippen molar-refractivity contribution in [1.82, 2.24) is 0 Å². The van der Waals surface area contributed by atoms with E-state index in [1.807, 2.05) is 0 Å². The fourth-order valence-electron chi connectivity index (χ4n) is 8.71. The van der Waals surface area contributed by atoms with E-state index in [-0.39, 0.29) is 0 Å². The summed E-state index contributed by atoms with van der Waals surface area (Å²) in [5.74, 6) is 0.850. The van der Waals surface area contributed by atoms with Gasteiger partial charge < -0.3 is 0 Å². The largest absolute Gasteiger partial charge is 0.0804 e. The molecule has 240 valence electrons. The molecule has 0 amide bonds. The molecule has 6 aromatic rings. The minimum absolute atomic E-state index is 0.382. The second-order valence-electron chi connectivity index (χ2n) is 14.1. The Labute approximate surface area is 292 Å². The van der Waals surface area contributed by atoms with Gasteiger partial charge in [-0.15, -0.1) is 0 Å². The van der Waals surface area contributed by atoms with Crippen LogP contribution in [0.2, 0.25) is 0 Å². The number of allylic oxidation sites excluding steroid dienone is 4. The van der Waals surface area contributed by atoms with Gasteiger partial charge in [0.25, 0.3) is 0 Å². The molecule has 2 aliphatic rings. The van der Waals surface area contributed by atoms with Gasteiger partial charge in [0.05, 0.1) is 5.41 Å². The van der Waals surface area contributed by atoms with Crippen LogP contribution in [0.25, 0.3) is 11.1 Å². The molecular formula is C49H44. The topological polar surface area (TPSA) is 0 Å². The second-order valence-corrected chi connectivity index (χ2v) is 14.1. The normalized spacial score (nSPS) is 14.6. The van der Waals surface area contributed by atoms with Gasteiger partial charge in [-0.1, -0.05) is 184 Å². The Kier molecular flexibility index (Phi) is 8.48. The second kappa shape index (κ2) is 13.4. The van der Waals surface area contributed by atoms with E-state index in [0.717, 1.165) is 25.7 Å². The van der Waals surface area contributed by atoms with Gasteiger partial charge in [-0.3, -0.25) is 0 Å². The molecule has 49 heavy (non-hydrogen) atoms. The Morgan fingerprint density at radius 2 is 1.12 bits per heavy atom. The minimum atomic E-state index is -0.421. The van der Waals surface area contributed by atoms with E-state index in [1.54, 1.807) is 0 Å². The SMILES string of the molecule is CC(Cc1ccc2c(c1)Cc1c-2ccc(CC(C)c2ccccc2)c1C(C1=CC=CC1)(c1ccccc1)c1ccccc1)c1ccccc1. The molecule has 0 aromatic heterocycles. The van der Waals surface area contributed by atoms with Crippen molar-refractivity contribution in [2.24, 2.45) is 0 Å². The van der Waals surface area contributed by atoms with E-state index >= 15 is 0 Å². The average molecular weight is 633 g/mol. The quantitative estimate of drug-likeness (QED) is 0.132. The van der Waals surface area contributed by atoms with Crippen LogP contribution in [-0.2, 0) is 24.7 Å². The highest BCUT2D eigenvalue weighted by Crippen LogP contribution is 2.54. The van der Waals surface area contributed by atoms with Crippen LogP contribution in [0.3, 0.4) is 0 Å². The van der Waals surface area contributed by atoms with E-state index in [0.29, 0.717) is 11.8 Å². The highest BCUT2D eigenvalue weighted by atomic mass is 14.5. The maximum absolute atomic E-state index is 2.51. The third kappa shape index (κ3) is 5.70. The Bertz CT molecular complexity index is 2080. The van der Waals surface area contributed by atoms with Crippen molar-refractivity contribution in [3.63, 3.8) is 0 Å². The molecule has 0 radical (unpaired) electrons. The molecule has 0 aliphatic heterocycles. The lowest BCUT2D eigenvalue weighted by atomic mass is 9.61. The van der Waals surface area contributed by atoms with Gasteiger partial charge in [0.2, 0.25) is 0 Å². The summed E-state index contributed by atoms with van der Waals surface area (Å²) >= 11 is 0. The molecule has 0 heteroatoms. The summed E-state index contributed by atoms with van der Waals surface area (Å²) in [6.07, 6.45) is 10.9. The summed E-state index contributed by atoms with van der Waals surface area (Å²) in [7, 11) is 0. The molecular weight excluding hydrogens is 589 g/mol. The molecule has 0 bridgehead atoms. The number of hydrogen-bond acceptors (Lipinski definition) is 0. The molecule has 0 N–H and O–H groups in total. The zero-order chi connectivity index (χ0) is 33.2. The van der Waals surface area contributed by atoms with Gasteiger partial charge in [-0.05, 0) is 104 Å². The summed E-state index contributed by atoms with van der Waals surface area (Å²) in [5.41, 5.74) is 16.6. The third-order valence-corrected chi connectivity index (χ3v) is 11.1. The molecule has 0 spiro atoms. The molecule has 0 fully saturated rings. The molecule has 2 aliphatic carbocycles. The van der Waals surface area contributed by atoms with Crippen molar-refractivity contribution in [3.05, 3.63) is 226 Å². The molecule has 2 unspecified atom stereocenters. The van der Waals surface area contributed by atoms with Crippen LogP contribution in [0.4, 0.5) is 0 Å². The first kappa shape index (κ1) is 31.1. The molecule has 8 rings (SSSR count).